The molecule has 0 aliphatic carbocycles. The molecule has 0 radical (unpaired) electrons. The first-order valence-electron chi connectivity index (χ1n) is 10.1. The van der Waals surface area contributed by atoms with E-state index in [2.05, 4.69) is 6.92 Å². The Morgan fingerprint density at radius 1 is 0.938 bits per heavy atom. The normalized spacial score (nSPS) is 11.2. The molecule has 0 aliphatic heterocycles. The molecule has 168 valence electrons. The van der Waals surface area contributed by atoms with E-state index >= 15 is 0 Å². The lowest BCUT2D eigenvalue weighted by Gasteiger charge is -2.23. The van der Waals surface area contributed by atoms with Crippen molar-refractivity contribution in [2.75, 3.05) is 10.9 Å². The van der Waals surface area contributed by atoms with Crippen LogP contribution in [0.3, 0.4) is 0 Å². The molecule has 8 heteroatoms. The molecule has 0 spiro atoms. The second-order valence-corrected chi connectivity index (χ2v) is 9.74. The SMILES string of the molecule is CCCCc1ccc(N(C(=O)COc2ccccc2Cl)S(=O)(=O)c2ccc(Cl)cc2)cc1. The lowest BCUT2D eigenvalue weighted by molar-refractivity contribution is -0.119. The molecular weight excluding hydrogens is 469 g/mol. The molecule has 0 saturated heterocycles. The molecule has 0 aromatic heterocycles. The highest BCUT2D eigenvalue weighted by Crippen LogP contribution is 2.27. The van der Waals surface area contributed by atoms with Gasteiger partial charge in [-0.2, -0.15) is 4.31 Å². The number of nitrogens with zero attached hydrogens (tertiary/aromatic N) is 1. The number of carbonyl (C=O) groups excluding carboxylic acids is 1. The van der Waals surface area contributed by atoms with Crippen molar-refractivity contribution in [1.82, 2.24) is 0 Å². The van der Waals surface area contributed by atoms with Gasteiger partial charge >= 0.3 is 0 Å². The molecule has 0 N–H and O–H groups in total. The van der Waals surface area contributed by atoms with Crippen molar-refractivity contribution in [1.29, 1.82) is 0 Å². The van der Waals surface area contributed by atoms with E-state index in [-0.39, 0.29) is 10.6 Å². The molecule has 3 aromatic rings. The number of hydrogen-bond acceptors (Lipinski definition) is 4. The average molecular weight is 492 g/mol. The highest BCUT2D eigenvalue weighted by atomic mass is 35.5. The maximum Gasteiger partial charge on any atom is 0.278 e. The number of carbonyl (C=O) groups is 1. The fraction of sp³-hybridized carbons (Fsp3) is 0.208. The Labute approximate surface area is 198 Å². The summed E-state index contributed by atoms with van der Waals surface area (Å²) in [4.78, 5) is 13.1. The summed E-state index contributed by atoms with van der Waals surface area (Å²) in [5.74, 6) is -0.456. The van der Waals surface area contributed by atoms with Gasteiger partial charge < -0.3 is 4.74 Å². The molecule has 5 nitrogen and oxygen atoms in total. The number of sulfonamides is 1. The number of halogens is 2. The molecule has 0 fully saturated rings. The number of aryl methyl sites for hydroxylation is 1. The molecule has 0 bridgehead atoms. The van der Waals surface area contributed by atoms with Gasteiger partial charge in [-0.3, -0.25) is 4.79 Å². The third-order valence-corrected chi connectivity index (χ3v) is 7.08. The smallest absolute Gasteiger partial charge is 0.278 e. The highest BCUT2D eigenvalue weighted by Gasteiger charge is 2.31. The number of hydrogen-bond donors (Lipinski definition) is 0. The molecule has 0 atom stereocenters. The van der Waals surface area contributed by atoms with E-state index in [0.29, 0.717) is 15.8 Å². The molecule has 0 unspecified atom stereocenters. The predicted molar refractivity (Wildman–Crippen MR) is 128 cm³/mol. The minimum atomic E-state index is -4.20. The van der Waals surface area contributed by atoms with Crippen LogP contribution in [-0.4, -0.2) is 20.9 Å². The van der Waals surface area contributed by atoms with Gasteiger partial charge in [0, 0.05) is 5.02 Å². The minimum absolute atomic E-state index is 0.0527. The minimum Gasteiger partial charge on any atom is -0.482 e. The third kappa shape index (κ3) is 5.82. The van der Waals surface area contributed by atoms with E-state index in [4.69, 9.17) is 27.9 Å². The van der Waals surface area contributed by atoms with Crippen molar-refractivity contribution < 1.29 is 17.9 Å². The van der Waals surface area contributed by atoms with Gasteiger partial charge in [-0.1, -0.05) is 60.8 Å². The van der Waals surface area contributed by atoms with Crippen molar-refractivity contribution in [2.24, 2.45) is 0 Å². The van der Waals surface area contributed by atoms with E-state index in [1.54, 1.807) is 36.4 Å². The third-order valence-electron chi connectivity index (χ3n) is 4.76. The first-order chi connectivity index (χ1) is 15.3. The maximum atomic E-state index is 13.4. The summed E-state index contributed by atoms with van der Waals surface area (Å²) in [6.07, 6.45) is 2.96. The largest absolute Gasteiger partial charge is 0.482 e. The second-order valence-electron chi connectivity index (χ2n) is 7.11. The Morgan fingerprint density at radius 2 is 1.59 bits per heavy atom. The van der Waals surface area contributed by atoms with Gasteiger partial charge in [0.2, 0.25) is 0 Å². The van der Waals surface area contributed by atoms with Gasteiger partial charge in [-0.15, -0.1) is 0 Å². The van der Waals surface area contributed by atoms with Gasteiger partial charge in [-0.25, -0.2) is 8.42 Å². The van der Waals surface area contributed by atoms with E-state index in [1.807, 2.05) is 12.1 Å². The van der Waals surface area contributed by atoms with Crippen molar-refractivity contribution >= 4 is 44.8 Å². The number of para-hydroxylation sites is 1. The van der Waals surface area contributed by atoms with Crippen LogP contribution < -0.4 is 9.04 Å². The zero-order valence-corrected chi connectivity index (χ0v) is 19.8. The zero-order chi connectivity index (χ0) is 23.1. The van der Waals surface area contributed by atoms with Crippen LogP contribution in [0.5, 0.6) is 5.75 Å². The zero-order valence-electron chi connectivity index (χ0n) is 17.5. The average Bonchev–Trinajstić information content (AvgIpc) is 2.78. The summed E-state index contributed by atoms with van der Waals surface area (Å²) in [5, 5.41) is 0.719. The number of amides is 1. The summed E-state index contributed by atoms with van der Waals surface area (Å²) in [6.45, 7) is 1.60. The predicted octanol–water partition coefficient (Wildman–Crippen LogP) is 6.14. The molecule has 3 rings (SSSR count). The molecular formula is C24H23Cl2NO4S. The first-order valence-corrected chi connectivity index (χ1v) is 12.3. The van der Waals surface area contributed by atoms with Crippen LogP contribution in [0.2, 0.25) is 10.0 Å². The summed E-state index contributed by atoms with van der Waals surface area (Å²) >= 11 is 12.0. The summed E-state index contributed by atoms with van der Waals surface area (Å²) in [7, 11) is -4.20. The molecule has 0 saturated carbocycles. The topological polar surface area (TPSA) is 63.7 Å². The summed E-state index contributed by atoms with van der Waals surface area (Å²) < 4.78 is 33.1. The monoisotopic (exact) mass is 491 g/mol. The number of ether oxygens (including phenoxy) is 1. The van der Waals surface area contributed by atoms with Gasteiger partial charge in [0.15, 0.2) is 6.61 Å². The van der Waals surface area contributed by atoms with Crippen LogP contribution in [0.4, 0.5) is 5.69 Å². The lowest BCUT2D eigenvalue weighted by Crippen LogP contribution is -2.40. The van der Waals surface area contributed by atoms with Gasteiger partial charge in [0.05, 0.1) is 15.6 Å². The quantitative estimate of drug-likeness (QED) is 0.360. The van der Waals surface area contributed by atoms with Crippen LogP contribution >= 0.6 is 23.2 Å². The van der Waals surface area contributed by atoms with Crippen molar-refractivity contribution in [2.45, 2.75) is 31.1 Å². The second kappa shape index (κ2) is 10.9. The van der Waals surface area contributed by atoms with Crippen LogP contribution in [0, 0.1) is 0 Å². The van der Waals surface area contributed by atoms with E-state index in [9.17, 15) is 13.2 Å². The molecule has 32 heavy (non-hydrogen) atoms. The van der Waals surface area contributed by atoms with Crippen LogP contribution in [0.15, 0.2) is 77.7 Å². The number of rotatable bonds is 9. The van der Waals surface area contributed by atoms with E-state index < -0.39 is 22.5 Å². The van der Waals surface area contributed by atoms with Crippen LogP contribution in [0.1, 0.15) is 25.3 Å². The number of anilines is 1. The number of benzene rings is 3. The summed E-state index contributed by atoms with van der Waals surface area (Å²) in [5.41, 5.74) is 1.30. The molecule has 1 amide bonds. The van der Waals surface area contributed by atoms with Gasteiger partial charge in [0.25, 0.3) is 15.9 Å². The van der Waals surface area contributed by atoms with Crippen molar-refractivity contribution in [3.05, 3.63) is 88.4 Å². The van der Waals surface area contributed by atoms with Crippen LogP contribution in [0.25, 0.3) is 0 Å². The Bertz CT molecular complexity index is 1160. The maximum absolute atomic E-state index is 13.4. The lowest BCUT2D eigenvalue weighted by atomic mass is 10.1. The van der Waals surface area contributed by atoms with Crippen molar-refractivity contribution in [3.8, 4) is 5.75 Å². The van der Waals surface area contributed by atoms with Crippen LogP contribution in [-0.2, 0) is 21.2 Å². The van der Waals surface area contributed by atoms with Gasteiger partial charge in [-0.05, 0) is 66.9 Å². The van der Waals surface area contributed by atoms with Gasteiger partial charge in [0.1, 0.15) is 5.75 Å². The Morgan fingerprint density at radius 3 is 2.22 bits per heavy atom. The summed E-state index contributed by atoms with van der Waals surface area (Å²) in [6, 6.07) is 19.3. The molecule has 3 aromatic carbocycles. The van der Waals surface area contributed by atoms with E-state index in [1.165, 1.54) is 24.3 Å². The fourth-order valence-corrected chi connectivity index (χ4v) is 4.79. The standard InChI is InChI=1S/C24H23Cl2NO4S/c1-2-3-6-18-9-13-20(14-10-18)27(32(29,30)21-15-11-19(25)12-16-21)24(28)17-31-23-8-5-4-7-22(23)26/h4-5,7-16H,2-3,6,17H2,1H3. The Kier molecular flexibility index (Phi) is 8.18. The fourth-order valence-electron chi connectivity index (χ4n) is 3.07. The Balaban J connectivity index is 1.94. The highest BCUT2D eigenvalue weighted by molar-refractivity contribution is 7.93. The Hall–Kier alpha value is -2.54. The molecule has 0 heterocycles. The van der Waals surface area contributed by atoms with E-state index in [0.717, 1.165) is 29.1 Å². The molecule has 0 aliphatic rings. The number of unbranched alkanes of at least 4 members (excludes halogenated alkanes) is 1. The first kappa shape index (κ1) is 24.1. The van der Waals surface area contributed by atoms with Crippen molar-refractivity contribution in [3.63, 3.8) is 0 Å².